The highest BCUT2D eigenvalue weighted by Gasteiger charge is 2.27. The fourth-order valence-electron chi connectivity index (χ4n) is 3.45. The van der Waals surface area contributed by atoms with Gasteiger partial charge in [0, 0.05) is 43.7 Å². The number of amides is 1. The number of nitrogens with one attached hydrogen (secondary N) is 1. The fourth-order valence-corrected chi connectivity index (χ4v) is 3.45. The van der Waals surface area contributed by atoms with E-state index in [9.17, 15) is 4.79 Å². The number of fused-ring (bicyclic) bond motifs is 1. The van der Waals surface area contributed by atoms with Gasteiger partial charge in [0.2, 0.25) is 5.91 Å². The van der Waals surface area contributed by atoms with Gasteiger partial charge in [-0.2, -0.15) is 0 Å². The van der Waals surface area contributed by atoms with Gasteiger partial charge in [-0.1, -0.05) is 38.1 Å². The molecule has 1 fully saturated rings. The molecule has 122 valence electrons. The first-order valence-corrected chi connectivity index (χ1v) is 8.52. The summed E-state index contributed by atoms with van der Waals surface area (Å²) in [5, 5.41) is 4.86. The van der Waals surface area contributed by atoms with Crippen LogP contribution in [0.15, 0.2) is 36.5 Å². The molecule has 0 aliphatic carbocycles. The summed E-state index contributed by atoms with van der Waals surface area (Å²) in [6, 6.07) is 10.9. The van der Waals surface area contributed by atoms with Crippen molar-refractivity contribution in [2.45, 2.75) is 39.3 Å². The van der Waals surface area contributed by atoms with Gasteiger partial charge >= 0.3 is 0 Å². The number of hydrogen-bond donors (Lipinski definition) is 1. The molecule has 1 amide bonds. The van der Waals surface area contributed by atoms with Crippen molar-refractivity contribution in [1.29, 1.82) is 0 Å². The van der Waals surface area contributed by atoms with E-state index in [0.717, 1.165) is 31.6 Å². The number of rotatable bonds is 4. The number of benzene rings is 1. The van der Waals surface area contributed by atoms with E-state index in [1.54, 1.807) is 0 Å². The maximum Gasteiger partial charge on any atom is 0.222 e. The van der Waals surface area contributed by atoms with E-state index >= 15 is 0 Å². The third kappa shape index (κ3) is 3.53. The van der Waals surface area contributed by atoms with E-state index in [4.69, 9.17) is 0 Å². The van der Waals surface area contributed by atoms with E-state index in [0.29, 0.717) is 18.4 Å². The molecule has 0 radical (unpaired) electrons. The normalized spacial score (nSPS) is 21.6. The molecule has 0 saturated carbocycles. The molecule has 0 bridgehead atoms. The quantitative estimate of drug-likeness (QED) is 0.944. The van der Waals surface area contributed by atoms with E-state index in [1.807, 2.05) is 24.1 Å². The Morgan fingerprint density at radius 1 is 1.35 bits per heavy atom. The van der Waals surface area contributed by atoms with Crippen molar-refractivity contribution in [1.82, 2.24) is 15.2 Å². The van der Waals surface area contributed by atoms with Crippen molar-refractivity contribution < 1.29 is 4.79 Å². The van der Waals surface area contributed by atoms with Crippen LogP contribution in [0.5, 0.6) is 0 Å². The minimum absolute atomic E-state index is 0.272. The Labute approximate surface area is 137 Å². The summed E-state index contributed by atoms with van der Waals surface area (Å²) in [5.74, 6) is 0.746. The average molecular weight is 311 g/mol. The van der Waals surface area contributed by atoms with Gasteiger partial charge in [-0.3, -0.25) is 9.78 Å². The SMILES string of the molecule is CCC(=O)N1CC[C@H](NCc2cccc3cccnc23)[C@@H](C)C1. The molecular weight excluding hydrogens is 286 g/mol. The molecule has 1 aromatic heterocycles. The summed E-state index contributed by atoms with van der Waals surface area (Å²) < 4.78 is 0. The van der Waals surface area contributed by atoms with Gasteiger partial charge in [0.05, 0.1) is 5.52 Å². The van der Waals surface area contributed by atoms with Crippen LogP contribution in [0.2, 0.25) is 0 Å². The van der Waals surface area contributed by atoms with Crippen molar-refractivity contribution in [2.75, 3.05) is 13.1 Å². The first-order chi connectivity index (χ1) is 11.2. The Hall–Kier alpha value is -1.94. The molecule has 3 rings (SSSR count). The maximum atomic E-state index is 11.8. The Balaban J connectivity index is 1.63. The van der Waals surface area contributed by atoms with Gasteiger partial charge in [-0.25, -0.2) is 0 Å². The van der Waals surface area contributed by atoms with Crippen LogP contribution in [-0.4, -0.2) is 34.9 Å². The number of likely N-dealkylation sites (tertiary alicyclic amines) is 1. The molecule has 2 aromatic rings. The lowest BCUT2D eigenvalue weighted by atomic mass is 9.93. The summed E-state index contributed by atoms with van der Waals surface area (Å²) in [6.45, 7) is 6.71. The number of hydrogen-bond acceptors (Lipinski definition) is 3. The van der Waals surface area contributed by atoms with Crippen LogP contribution in [0.25, 0.3) is 10.9 Å². The molecule has 1 aliphatic heterocycles. The van der Waals surface area contributed by atoms with Crippen LogP contribution < -0.4 is 5.32 Å². The number of nitrogens with zero attached hydrogens (tertiary/aromatic N) is 2. The average Bonchev–Trinajstić information content (AvgIpc) is 2.60. The van der Waals surface area contributed by atoms with Crippen molar-refractivity contribution >= 4 is 16.8 Å². The van der Waals surface area contributed by atoms with Gasteiger partial charge in [0.25, 0.3) is 0 Å². The largest absolute Gasteiger partial charge is 0.342 e. The second-order valence-electron chi connectivity index (χ2n) is 6.44. The molecular formula is C19H25N3O. The molecule has 2 heterocycles. The smallest absolute Gasteiger partial charge is 0.222 e. The molecule has 4 nitrogen and oxygen atoms in total. The number of para-hydroxylation sites is 1. The zero-order valence-corrected chi connectivity index (χ0v) is 14.0. The Morgan fingerprint density at radius 3 is 2.96 bits per heavy atom. The third-order valence-corrected chi connectivity index (χ3v) is 4.83. The lowest BCUT2D eigenvalue weighted by Gasteiger charge is -2.37. The van der Waals surface area contributed by atoms with Crippen molar-refractivity contribution in [3.05, 3.63) is 42.1 Å². The zero-order chi connectivity index (χ0) is 16.2. The lowest BCUT2D eigenvalue weighted by Crippen LogP contribution is -2.49. The van der Waals surface area contributed by atoms with Crippen LogP contribution in [0.1, 0.15) is 32.3 Å². The molecule has 0 spiro atoms. The van der Waals surface area contributed by atoms with Crippen LogP contribution in [0.3, 0.4) is 0 Å². The van der Waals surface area contributed by atoms with Gasteiger partial charge in [-0.05, 0) is 24.0 Å². The topological polar surface area (TPSA) is 45.2 Å². The highest BCUT2D eigenvalue weighted by molar-refractivity contribution is 5.81. The molecule has 2 atom stereocenters. The number of aromatic nitrogens is 1. The minimum Gasteiger partial charge on any atom is -0.342 e. The maximum absolute atomic E-state index is 11.8. The highest BCUT2D eigenvalue weighted by Crippen LogP contribution is 2.20. The van der Waals surface area contributed by atoms with Crippen LogP contribution >= 0.6 is 0 Å². The predicted molar refractivity (Wildman–Crippen MR) is 93.0 cm³/mol. The number of carbonyl (C=O) groups excluding carboxylic acids is 1. The summed E-state index contributed by atoms with van der Waals surface area (Å²) in [6.07, 6.45) is 3.47. The number of carbonyl (C=O) groups is 1. The molecule has 1 aliphatic rings. The predicted octanol–water partition coefficient (Wildman–Crippen LogP) is 2.97. The fraction of sp³-hybridized carbons (Fsp3) is 0.474. The number of pyridine rings is 1. The number of piperidine rings is 1. The summed E-state index contributed by atoms with van der Waals surface area (Å²) in [7, 11) is 0. The van der Waals surface area contributed by atoms with Gasteiger partial charge in [-0.15, -0.1) is 0 Å². The zero-order valence-electron chi connectivity index (χ0n) is 14.0. The summed E-state index contributed by atoms with van der Waals surface area (Å²) in [4.78, 5) is 18.4. The van der Waals surface area contributed by atoms with Crippen LogP contribution in [0, 0.1) is 5.92 Å². The Bertz CT molecular complexity index is 680. The van der Waals surface area contributed by atoms with E-state index in [2.05, 4.69) is 41.5 Å². The minimum atomic E-state index is 0.272. The second kappa shape index (κ2) is 7.09. The summed E-state index contributed by atoms with van der Waals surface area (Å²) >= 11 is 0. The van der Waals surface area contributed by atoms with Gasteiger partial charge < -0.3 is 10.2 Å². The standard InChI is InChI=1S/C19H25N3O/c1-3-18(23)22-11-9-17(14(2)13-22)21-12-16-7-4-6-15-8-5-10-20-19(15)16/h4-8,10,14,17,21H,3,9,11-13H2,1-2H3/t14-,17-/m0/s1. The van der Waals surface area contributed by atoms with Crippen molar-refractivity contribution in [3.8, 4) is 0 Å². The summed E-state index contributed by atoms with van der Waals surface area (Å²) in [5.41, 5.74) is 2.32. The lowest BCUT2D eigenvalue weighted by molar-refractivity contribution is -0.132. The van der Waals surface area contributed by atoms with Gasteiger partial charge in [0.15, 0.2) is 0 Å². The van der Waals surface area contributed by atoms with Crippen molar-refractivity contribution in [3.63, 3.8) is 0 Å². The van der Waals surface area contributed by atoms with E-state index < -0.39 is 0 Å². The van der Waals surface area contributed by atoms with E-state index in [1.165, 1.54) is 10.9 Å². The van der Waals surface area contributed by atoms with Gasteiger partial charge in [0.1, 0.15) is 0 Å². The van der Waals surface area contributed by atoms with Crippen LogP contribution in [-0.2, 0) is 11.3 Å². The second-order valence-corrected chi connectivity index (χ2v) is 6.44. The monoisotopic (exact) mass is 311 g/mol. The Morgan fingerprint density at radius 2 is 2.17 bits per heavy atom. The highest BCUT2D eigenvalue weighted by atomic mass is 16.2. The van der Waals surface area contributed by atoms with Crippen molar-refractivity contribution in [2.24, 2.45) is 5.92 Å². The molecule has 23 heavy (non-hydrogen) atoms. The molecule has 1 saturated heterocycles. The van der Waals surface area contributed by atoms with Crippen LogP contribution in [0.4, 0.5) is 0 Å². The Kier molecular flexibility index (Phi) is 4.91. The molecule has 1 aromatic carbocycles. The molecule has 4 heteroatoms. The van der Waals surface area contributed by atoms with E-state index in [-0.39, 0.29) is 5.91 Å². The first kappa shape index (κ1) is 15.9. The first-order valence-electron chi connectivity index (χ1n) is 8.52. The third-order valence-electron chi connectivity index (χ3n) is 4.83. The molecule has 0 unspecified atom stereocenters. The molecule has 1 N–H and O–H groups in total.